The predicted octanol–water partition coefficient (Wildman–Crippen LogP) is 2.56. The van der Waals surface area contributed by atoms with E-state index in [9.17, 15) is 4.79 Å². The van der Waals surface area contributed by atoms with Crippen molar-refractivity contribution in [3.05, 3.63) is 0 Å². The molecule has 3 nitrogen and oxygen atoms in total. The van der Waals surface area contributed by atoms with E-state index in [2.05, 4.69) is 17.3 Å². The molecule has 0 bridgehead atoms. The summed E-state index contributed by atoms with van der Waals surface area (Å²) >= 11 is 0. The summed E-state index contributed by atoms with van der Waals surface area (Å²) < 4.78 is 0. The van der Waals surface area contributed by atoms with E-state index >= 15 is 0 Å². The van der Waals surface area contributed by atoms with Crippen molar-refractivity contribution in [2.24, 2.45) is 5.92 Å². The van der Waals surface area contributed by atoms with Crippen LogP contribution < -0.4 is 5.32 Å². The molecule has 2 rings (SSSR count). The number of likely N-dealkylation sites (tertiary alicyclic amines) is 1. The third-order valence-corrected chi connectivity index (χ3v) is 4.68. The molecule has 1 aliphatic heterocycles. The largest absolute Gasteiger partial charge is 0.341 e. The number of hydrogen-bond acceptors (Lipinski definition) is 2. The minimum Gasteiger partial charge on any atom is -0.341 e. The molecule has 1 unspecified atom stereocenters. The van der Waals surface area contributed by atoms with Crippen LogP contribution in [0.15, 0.2) is 0 Å². The quantitative estimate of drug-likeness (QED) is 0.834. The van der Waals surface area contributed by atoms with Crippen molar-refractivity contribution >= 4 is 5.91 Å². The highest BCUT2D eigenvalue weighted by molar-refractivity contribution is 5.76. The number of amides is 1. The molecule has 104 valence electrons. The van der Waals surface area contributed by atoms with Crippen molar-refractivity contribution in [3.63, 3.8) is 0 Å². The molecule has 2 fully saturated rings. The molecule has 1 amide bonds. The van der Waals surface area contributed by atoms with E-state index in [4.69, 9.17) is 0 Å². The van der Waals surface area contributed by atoms with Gasteiger partial charge in [-0.3, -0.25) is 4.79 Å². The van der Waals surface area contributed by atoms with E-state index in [0.717, 1.165) is 31.8 Å². The molecule has 0 radical (unpaired) electrons. The van der Waals surface area contributed by atoms with Crippen LogP contribution in [0.1, 0.15) is 57.8 Å². The van der Waals surface area contributed by atoms with Gasteiger partial charge in [0.1, 0.15) is 0 Å². The molecular weight excluding hydrogens is 224 g/mol. The Hall–Kier alpha value is -0.570. The van der Waals surface area contributed by atoms with Crippen LogP contribution in [0.2, 0.25) is 0 Å². The summed E-state index contributed by atoms with van der Waals surface area (Å²) in [7, 11) is 2.05. The second-order valence-electron chi connectivity index (χ2n) is 5.94. The molecule has 0 aromatic heterocycles. The first-order chi connectivity index (χ1) is 8.81. The first-order valence-electron chi connectivity index (χ1n) is 7.76. The van der Waals surface area contributed by atoms with Crippen LogP contribution in [0.3, 0.4) is 0 Å². The molecule has 3 heteroatoms. The second kappa shape index (κ2) is 7.13. The Balaban J connectivity index is 1.89. The average Bonchev–Trinajstić information content (AvgIpc) is 2.88. The van der Waals surface area contributed by atoms with Crippen molar-refractivity contribution in [1.82, 2.24) is 10.2 Å². The lowest BCUT2D eigenvalue weighted by molar-refractivity contribution is -0.132. The Labute approximate surface area is 111 Å². The summed E-state index contributed by atoms with van der Waals surface area (Å²) in [6.45, 7) is 1.91. The van der Waals surface area contributed by atoms with Gasteiger partial charge in [-0.25, -0.2) is 0 Å². The number of carbonyl (C=O) groups excluding carboxylic acids is 1. The number of hydrogen-bond donors (Lipinski definition) is 1. The van der Waals surface area contributed by atoms with Gasteiger partial charge in [-0.15, -0.1) is 0 Å². The maximum absolute atomic E-state index is 12.1. The number of nitrogens with one attached hydrogen (secondary N) is 1. The molecule has 18 heavy (non-hydrogen) atoms. The highest BCUT2D eigenvalue weighted by Crippen LogP contribution is 2.28. The molecule has 1 N–H and O–H groups in total. The van der Waals surface area contributed by atoms with Crippen molar-refractivity contribution in [3.8, 4) is 0 Å². The second-order valence-corrected chi connectivity index (χ2v) is 5.94. The maximum atomic E-state index is 12.1. The Morgan fingerprint density at radius 3 is 2.61 bits per heavy atom. The van der Waals surface area contributed by atoms with Crippen molar-refractivity contribution in [2.75, 3.05) is 20.1 Å². The Kier molecular flexibility index (Phi) is 5.48. The minimum atomic E-state index is 0.382. The normalized spacial score (nSPS) is 24.9. The van der Waals surface area contributed by atoms with E-state index in [1.54, 1.807) is 0 Å². The minimum absolute atomic E-state index is 0.382. The van der Waals surface area contributed by atoms with Gasteiger partial charge in [0.05, 0.1) is 0 Å². The van der Waals surface area contributed by atoms with E-state index in [-0.39, 0.29) is 0 Å². The standard InChI is InChI=1S/C15H28N2O/c1-16-14(13-8-5-6-9-13)12-17-11-7-3-2-4-10-15(17)18/h13-14,16H,2-12H2,1H3. The van der Waals surface area contributed by atoms with Gasteiger partial charge < -0.3 is 10.2 Å². The summed E-state index contributed by atoms with van der Waals surface area (Å²) in [4.78, 5) is 14.3. The third kappa shape index (κ3) is 3.71. The number of carbonyl (C=O) groups is 1. The van der Waals surface area contributed by atoms with Crippen molar-refractivity contribution in [1.29, 1.82) is 0 Å². The van der Waals surface area contributed by atoms with Crippen molar-refractivity contribution in [2.45, 2.75) is 63.8 Å². The molecule has 1 saturated carbocycles. The number of rotatable bonds is 4. The summed E-state index contributed by atoms with van der Waals surface area (Å²) in [6, 6.07) is 0.510. The van der Waals surface area contributed by atoms with Gasteiger partial charge >= 0.3 is 0 Å². The fraction of sp³-hybridized carbons (Fsp3) is 0.933. The molecule has 0 aromatic rings. The van der Waals surface area contributed by atoms with Gasteiger partial charge in [0.25, 0.3) is 0 Å². The maximum Gasteiger partial charge on any atom is 0.222 e. The summed E-state index contributed by atoms with van der Waals surface area (Å²) in [5.74, 6) is 1.17. The van der Waals surface area contributed by atoms with E-state index in [1.807, 2.05) is 0 Å². The van der Waals surface area contributed by atoms with Gasteiger partial charge in [0.2, 0.25) is 5.91 Å². The molecule has 1 atom stereocenters. The van der Waals surface area contributed by atoms with Gasteiger partial charge in [0, 0.05) is 25.6 Å². The van der Waals surface area contributed by atoms with Crippen LogP contribution in [0.4, 0.5) is 0 Å². The van der Waals surface area contributed by atoms with Gasteiger partial charge in [-0.2, -0.15) is 0 Å². The van der Waals surface area contributed by atoms with Gasteiger partial charge in [-0.05, 0) is 38.6 Å². The third-order valence-electron chi connectivity index (χ3n) is 4.68. The summed E-state index contributed by atoms with van der Waals surface area (Å²) in [5.41, 5.74) is 0. The zero-order chi connectivity index (χ0) is 12.8. The van der Waals surface area contributed by atoms with Crippen LogP contribution in [-0.2, 0) is 4.79 Å². The smallest absolute Gasteiger partial charge is 0.222 e. The first-order valence-corrected chi connectivity index (χ1v) is 7.76. The monoisotopic (exact) mass is 252 g/mol. The molecule has 1 aliphatic carbocycles. The highest BCUT2D eigenvalue weighted by atomic mass is 16.2. The zero-order valence-electron chi connectivity index (χ0n) is 11.8. The Bertz CT molecular complexity index is 261. The van der Waals surface area contributed by atoms with E-state index in [1.165, 1.54) is 44.9 Å². The van der Waals surface area contributed by atoms with E-state index in [0.29, 0.717) is 11.9 Å². The molecule has 0 spiro atoms. The topological polar surface area (TPSA) is 32.3 Å². The lowest BCUT2D eigenvalue weighted by Gasteiger charge is -2.32. The van der Waals surface area contributed by atoms with Crippen LogP contribution in [0.25, 0.3) is 0 Å². The van der Waals surface area contributed by atoms with Crippen LogP contribution in [0, 0.1) is 5.92 Å². The lowest BCUT2D eigenvalue weighted by atomic mass is 9.97. The highest BCUT2D eigenvalue weighted by Gasteiger charge is 2.27. The van der Waals surface area contributed by atoms with Crippen molar-refractivity contribution < 1.29 is 4.79 Å². The molecule has 2 aliphatic rings. The zero-order valence-corrected chi connectivity index (χ0v) is 11.8. The number of nitrogens with zero attached hydrogens (tertiary/aromatic N) is 1. The SMILES string of the molecule is CNC(CN1CCCCCCC1=O)C1CCCC1. The van der Waals surface area contributed by atoms with E-state index < -0.39 is 0 Å². The fourth-order valence-electron chi connectivity index (χ4n) is 3.48. The Morgan fingerprint density at radius 1 is 1.17 bits per heavy atom. The van der Waals surface area contributed by atoms with Gasteiger partial charge in [-0.1, -0.05) is 25.7 Å². The first kappa shape index (κ1) is 13.9. The Morgan fingerprint density at radius 2 is 1.89 bits per heavy atom. The molecule has 0 aromatic carbocycles. The molecule has 1 saturated heterocycles. The van der Waals surface area contributed by atoms with Crippen LogP contribution >= 0.6 is 0 Å². The number of likely N-dealkylation sites (N-methyl/N-ethyl adjacent to an activating group) is 1. The molecule has 1 heterocycles. The summed E-state index contributed by atoms with van der Waals surface area (Å²) in [6.07, 6.45) is 11.0. The lowest BCUT2D eigenvalue weighted by Crippen LogP contribution is -2.46. The van der Waals surface area contributed by atoms with Crippen LogP contribution in [-0.4, -0.2) is 37.0 Å². The van der Waals surface area contributed by atoms with Gasteiger partial charge in [0.15, 0.2) is 0 Å². The fourth-order valence-corrected chi connectivity index (χ4v) is 3.48. The predicted molar refractivity (Wildman–Crippen MR) is 74.5 cm³/mol. The molecular formula is C15H28N2O. The summed E-state index contributed by atoms with van der Waals surface area (Å²) in [5, 5.41) is 3.45. The van der Waals surface area contributed by atoms with Crippen LogP contribution in [0.5, 0.6) is 0 Å². The average molecular weight is 252 g/mol.